The van der Waals surface area contributed by atoms with Crippen LogP contribution in [-0.4, -0.2) is 22.4 Å². The van der Waals surface area contributed by atoms with Crippen molar-refractivity contribution in [2.75, 3.05) is 0 Å². The second-order valence-electron chi connectivity index (χ2n) is 4.17. The van der Waals surface area contributed by atoms with E-state index in [1.54, 1.807) is 0 Å². The van der Waals surface area contributed by atoms with E-state index in [2.05, 4.69) is 13.8 Å². The largest absolute Gasteiger partial charge is 0.393 e. The predicted octanol–water partition coefficient (Wildman–Crippen LogP) is 3.03. The fourth-order valence-corrected chi connectivity index (χ4v) is 1.46. The molecule has 0 aromatic heterocycles. The average Bonchev–Trinajstić information content (AvgIpc) is 2.23. The topological polar surface area (TPSA) is 40.5 Å². The van der Waals surface area contributed by atoms with Crippen LogP contribution in [-0.2, 0) is 0 Å². The van der Waals surface area contributed by atoms with Crippen molar-refractivity contribution in [2.45, 2.75) is 71.0 Å². The lowest BCUT2D eigenvalue weighted by atomic mass is 10.1. The van der Waals surface area contributed by atoms with E-state index < -0.39 is 0 Å². The van der Waals surface area contributed by atoms with Gasteiger partial charge in [0.15, 0.2) is 0 Å². The first-order valence-electron chi connectivity index (χ1n) is 6.23. The normalized spacial score (nSPS) is 15.7. The summed E-state index contributed by atoms with van der Waals surface area (Å²) in [6.45, 7) is 4.24. The molecule has 0 aromatic rings. The Morgan fingerprint density at radius 1 is 1.00 bits per heavy atom. The summed E-state index contributed by atoms with van der Waals surface area (Å²) in [5.41, 5.74) is 0. The predicted molar refractivity (Wildman–Crippen MR) is 64.8 cm³/mol. The van der Waals surface area contributed by atoms with Gasteiger partial charge in [-0.05, 0) is 19.3 Å². The van der Waals surface area contributed by atoms with Crippen LogP contribution in [0.2, 0.25) is 0 Å². The van der Waals surface area contributed by atoms with E-state index in [9.17, 15) is 10.2 Å². The first kappa shape index (κ1) is 14.7. The van der Waals surface area contributed by atoms with Crippen LogP contribution in [0.25, 0.3) is 0 Å². The van der Waals surface area contributed by atoms with Crippen molar-refractivity contribution in [3.05, 3.63) is 12.2 Å². The number of rotatable bonds is 9. The Labute approximate surface area is 94.0 Å². The Hall–Kier alpha value is -0.340. The molecule has 0 amide bonds. The molecule has 0 saturated carbocycles. The van der Waals surface area contributed by atoms with Gasteiger partial charge in [0.05, 0.1) is 12.2 Å². The zero-order valence-electron chi connectivity index (χ0n) is 10.2. The molecule has 0 spiro atoms. The van der Waals surface area contributed by atoms with Gasteiger partial charge in [-0.2, -0.15) is 0 Å². The van der Waals surface area contributed by atoms with Gasteiger partial charge < -0.3 is 10.2 Å². The number of hydrogen-bond acceptors (Lipinski definition) is 2. The van der Waals surface area contributed by atoms with Gasteiger partial charge in [0.1, 0.15) is 0 Å². The van der Waals surface area contributed by atoms with Gasteiger partial charge in [-0.15, -0.1) is 0 Å². The molecular weight excluding hydrogens is 188 g/mol. The van der Waals surface area contributed by atoms with Crippen molar-refractivity contribution >= 4 is 0 Å². The van der Waals surface area contributed by atoms with Gasteiger partial charge >= 0.3 is 0 Å². The fraction of sp³-hybridized carbons (Fsp3) is 0.846. The highest BCUT2D eigenvalue weighted by molar-refractivity contribution is 4.89. The molecule has 2 heteroatoms. The first-order chi connectivity index (χ1) is 7.20. The van der Waals surface area contributed by atoms with Gasteiger partial charge in [-0.1, -0.05) is 51.7 Å². The van der Waals surface area contributed by atoms with Gasteiger partial charge in [0, 0.05) is 0 Å². The van der Waals surface area contributed by atoms with E-state index in [-0.39, 0.29) is 12.2 Å². The molecule has 2 atom stereocenters. The summed E-state index contributed by atoms with van der Waals surface area (Å²) >= 11 is 0. The standard InChI is InChI=1S/C13H26O2/c1-3-5-8-12(14)10-7-11-13(15)9-6-4-2/h7,10,12-15H,3-6,8-9,11H2,1-2H3/b10-7+/t12-,13-/m1/s1. The number of aliphatic hydroxyl groups excluding tert-OH is 2. The smallest absolute Gasteiger partial charge is 0.0720 e. The van der Waals surface area contributed by atoms with E-state index in [0.29, 0.717) is 6.42 Å². The summed E-state index contributed by atoms with van der Waals surface area (Å²) in [6.07, 6.45) is 9.89. The minimum Gasteiger partial charge on any atom is -0.393 e. The number of aliphatic hydroxyl groups is 2. The van der Waals surface area contributed by atoms with Crippen molar-refractivity contribution < 1.29 is 10.2 Å². The quantitative estimate of drug-likeness (QED) is 0.579. The van der Waals surface area contributed by atoms with Crippen molar-refractivity contribution in [1.82, 2.24) is 0 Å². The minimum absolute atomic E-state index is 0.237. The highest BCUT2D eigenvalue weighted by Crippen LogP contribution is 2.06. The molecule has 2 nitrogen and oxygen atoms in total. The minimum atomic E-state index is -0.330. The molecule has 2 N–H and O–H groups in total. The Morgan fingerprint density at radius 3 is 2.20 bits per heavy atom. The van der Waals surface area contributed by atoms with E-state index in [1.807, 2.05) is 12.2 Å². The lowest BCUT2D eigenvalue weighted by Gasteiger charge is -2.07. The number of unbranched alkanes of at least 4 members (excludes halogenated alkanes) is 2. The molecule has 0 heterocycles. The van der Waals surface area contributed by atoms with Crippen LogP contribution in [0, 0.1) is 0 Å². The lowest BCUT2D eigenvalue weighted by molar-refractivity contribution is 0.163. The van der Waals surface area contributed by atoms with Crippen LogP contribution in [0.3, 0.4) is 0 Å². The van der Waals surface area contributed by atoms with E-state index >= 15 is 0 Å². The summed E-state index contributed by atoms with van der Waals surface area (Å²) in [5, 5.41) is 19.0. The molecule has 0 fully saturated rings. The third-order valence-corrected chi connectivity index (χ3v) is 2.51. The van der Waals surface area contributed by atoms with Crippen LogP contribution in [0.1, 0.15) is 58.8 Å². The maximum absolute atomic E-state index is 9.54. The summed E-state index contributed by atoms with van der Waals surface area (Å²) in [7, 11) is 0. The second kappa shape index (κ2) is 10.2. The fourth-order valence-electron chi connectivity index (χ4n) is 1.46. The zero-order chi connectivity index (χ0) is 11.5. The molecule has 0 aliphatic heterocycles. The molecule has 15 heavy (non-hydrogen) atoms. The van der Waals surface area contributed by atoms with E-state index in [1.165, 1.54) is 0 Å². The Kier molecular flexibility index (Phi) is 9.96. The van der Waals surface area contributed by atoms with Crippen LogP contribution >= 0.6 is 0 Å². The molecule has 90 valence electrons. The maximum Gasteiger partial charge on any atom is 0.0720 e. The monoisotopic (exact) mass is 214 g/mol. The van der Waals surface area contributed by atoms with E-state index in [0.717, 1.165) is 38.5 Å². The van der Waals surface area contributed by atoms with Crippen molar-refractivity contribution in [3.63, 3.8) is 0 Å². The van der Waals surface area contributed by atoms with E-state index in [4.69, 9.17) is 0 Å². The van der Waals surface area contributed by atoms with Crippen molar-refractivity contribution in [1.29, 1.82) is 0 Å². The summed E-state index contributed by atoms with van der Waals surface area (Å²) < 4.78 is 0. The summed E-state index contributed by atoms with van der Waals surface area (Å²) in [6, 6.07) is 0. The molecule has 0 unspecified atom stereocenters. The van der Waals surface area contributed by atoms with Crippen LogP contribution in [0.4, 0.5) is 0 Å². The Bertz CT molecular complexity index is 155. The molecule has 0 radical (unpaired) electrons. The SMILES string of the molecule is CCCC[C@@H](O)C/C=C/[C@H](O)CCCC. The molecule has 0 bridgehead atoms. The third-order valence-electron chi connectivity index (χ3n) is 2.51. The van der Waals surface area contributed by atoms with Gasteiger partial charge in [-0.3, -0.25) is 0 Å². The first-order valence-corrected chi connectivity index (χ1v) is 6.23. The van der Waals surface area contributed by atoms with Crippen molar-refractivity contribution in [2.24, 2.45) is 0 Å². The van der Waals surface area contributed by atoms with Crippen molar-refractivity contribution in [3.8, 4) is 0 Å². The molecule has 0 rings (SSSR count). The van der Waals surface area contributed by atoms with Crippen LogP contribution in [0.5, 0.6) is 0 Å². The molecule has 0 aromatic carbocycles. The second-order valence-corrected chi connectivity index (χ2v) is 4.17. The van der Waals surface area contributed by atoms with Gasteiger partial charge in [0.25, 0.3) is 0 Å². The summed E-state index contributed by atoms with van der Waals surface area (Å²) in [4.78, 5) is 0. The molecule has 0 aliphatic carbocycles. The molecule has 0 aliphatic rings. The lowest BCUT2D eigenvalue weighted by Crippen LogP contribution is -2.06. The Balaban J connectivity index is 3.50. The molecule has 0 saturated heterocycles. The maximum atomic E-state index is 9.54. The number of hydrogen-bond donors (Lipinski definition) is 2. The van der Waals surface area contributed by atoms with Crippen LogP contribution < -0.4 is 0 Å². The highest BCUT2D eigenvalue weighted by atomic mass is 16.3. The molecular formula is C13H26O2. The average molecular weight is 214 g/mol. The Morgan fingerprint density at radius 2 is 1.60 bits per heavy atom. The van der Waals surface area contributed by atoms with Crippen LogP contribution in [0.15, 0.2) is 12.2 Å². The summed E-state index contributed by atoms with van der Waals surface area (Å²) in [5.74, 6) is 0. The van der Waals surface area contributed by atoms with Gasteiger partial charge in [-0.25, -0.2) is 0 Å². The third kappa shape index (κ3) is 9.95. The highest BCUT2D eigenvalue weighted by Gasteiger charge is 2.01. The zero-order valence-corrected chi connectivity index (χ0v) is 10.2. The van der Waals surface area contributed by atoms with Gasteiger partial charge in [0.2, 0.25) is 0 Å².